The molecule has 4 nitrogen and oxygen atoms in total. The van der Waals surface area contributed by atoms with Crippen LogP contribution < -0.4 is 4.74 Å². The van der Waals surface area contributed by atoms with E-state index in [1.165, 1.54) is 0 Å². The minimum absolute atomic E-state index is 0.0873. The highest BCUT2D eigenvalue weighted by atomic mass is 32.2. The molecule has 144 valence electrons. The lowest BCUT2D eigenvalue weighted by Gasteiger charge is -2.09. The van der Waals surface area contributed by atoms with E-state index in [2.05, 4.69) is 6.92 Å². The Morgan fingerprint density at radius 3 is 2.00 bits per heavy atom. The molecule has 0 saturated carbocycles. The molecule has 1 aliphatic heterocycles. The fourth-order valence-corrected chi connectivity index (χ4v) is 4.30. The molecule has 0 amide bonds. The Morgan fingerprint density at radius 1 is 0.857 bits per heavy atom. The molecule has 0 spiro atoms. The molecule has 1 saturated heterocycles. The Kier molecular flexibility index (Phi) is 4.96. The summed E-state index contributed by atoms with van der Waals surface area (Å²) in [6, 6.07) is 23.4. The summed E-state index contributed by atoms with van der Waals surface area (Å²) in [5.41, 5.74) is 2.05. The quantitative estimate of drug-likeness (QED) is 0.556. The Bertz CT molecular complexity index is 1040. The van der Waals surface area contributed by atoms with E-state index in [9.17, 15) is 8.42 Å². The minimum Gasteiger partial charge on any atom is -0.489 e. The molecule has 1 fully saturated rings. The van der Waals surface area contributed by atoms with Gasteiger partial charge in [-0.1, -0.05) is 42.5 Å². The second-order valence-electron chi connectivity index (χ2n) is 7.31. The maximum absolute atomic E-state index is 12.9. The lowest BCUT2D eigenvalue weighted by molar-refractivity contribution is 0.306. The van der Waals surface area contributed by atoms with Crippen LogP contribution >= 0.6 is 0 Å². The fourth-order valence-electron chi connectivity index (χ4n) is 3.04. The number of epoxide rings is 1. The number of sulfone groups is 1. The summed E-state index contributed by atoms with van der Waals surface area (Å²) >= 11 is 0. The third-order valence-electron chi connectivity index (χ3n) is 4.83. The van der Waals surface area contributed by atoms with E-state index in [0.717, 1.165) is 24.2 Å². The van der Waals surface area contributed by atoms with Gasteiger partial charge in [-0.2, -0.15) is 0 Å². The van der Waals surface area contributed by atoms with Crippen molar-refractivity contribution in [1.29, 1.82) is 0 Å². The van der Waals surface area contributed by atoms with Crippen LogP contribution in [0, 0.1) is 0 Å². The van der Waals surface area contributed by atoms with Gasteiger partial charge in [-0.3, -0.25) is 0 Å². The van der Waals surface area contributed by atoms with Gasteiger partial charge in [-0.25, -0.2) is 8.42 Å². The first kappa shape index (κ1) is 18.7. The zero-order valence-electron chi connectivity index (χ0n) is 15.7. The second-order valence-corrected chi connectivity index (χ2v) is 9.26. The van der Waals surface area contributed by atoms with Gasteiger partial charge in [-0.05, 0) is 54.4 Å². The van der Waals surface area contributed by atoms with Crippen molar-refractivity contribution in [1.82, 2.24) is 0 Å². The predicted molar refractivity (Wildman–Crippen MR) is 107 cm³/mol. The van der Waals surface area contributed by atoms with Gasteiger partial charge in [0.15, 0.2) is 0 Å². The van der Waals surface area contributed by atoms with E-state index >= 15 is 0 Å². The molecule has 0 bridgehead atoms. The van der Waals surface area contributed by atoms with Crippen LogP contribution in [0.1, 0.15) is 18.1 Å². The highest BCUT2D eigenvalue weighted by Crippen LogP contribution is 2.31. The van der Waals surface area contributed by atoms with Gasteiger partial charge in [0, 0.05) is 6.42 Å². The zero-order valence-corrected chi connectivity index (χ0v) is 16.5. The van der Waals surface area contributed by atoms with E-state index in [4.69, 9.17) is 9.47 Å². The van der Waals surface area contributed by atoms with Crippen molar-refractivity contribution in [2.24, 2.45) is 0 Å². The third-order valence-corrected chi connectivity index (χ3v) is 6.62. The van der Waals surface area contributed by atoms with Crippen LogP contribution in [0.5, 0.6) is 5.75 Å². The summed E-state index contributed by atoms with van der Waals surface area (Å²) < 4.78 is 36.9. The summed E-state index contributed by atoms with van der Waals surface area (Å²) in [6.07, 6.45) is 0.792. The van der Waals surface area contributed by atoms with Crippen LogP contribution in [0.15, 0.2) is 88.7 Å². The number of hydrogen-bond donors (Lipinski definition) is 0. The molecular weight excluding hydrogens is 372 g/mol. The molecule has 28 heavy (non-hydrogen) atoms. The molecule has 1 aliphatic rings. The average Bonchev–Trinajstić information content (AvgIpc) is 3.44. The first-order chi connectivity index (χ1) is 13.4. The van der Waals surface area contributed by atoms with E-state index in [1.807, 2.05) is 42.5 Å². The summed E-state index contributed by atoms with van der Waals surface area (Å²) in [7, 11) is -3.55. The molecule has 1 heterocycles. The van der Waals surface area contributed by atoms with Crippen molar-refractivity contribution in [2.75, 3.05) is 6.61 Å². The standard InChI is InChI=1S/C23H22O4S/c1-23(17-27-23)15-18-7-11-21(12-8-18)28(24,25)22-13-9-20(10-14-22)26-16-19-5-3-2-4-6-19/h2-14H,15-17H2,1H3. The molecule has 0 aliphatic carbocycles. The molecule has 3 aromatic rings. The highest BCUT2D eigenvalue weighted by Gasteiger charge is 2.39. The van der Waals surface area contributed by atoms with Crippen molar-refractivity contribution in [3.63, 3.8) is 0 Å². The monoisotopic (exact) mass is 394 g/mol. The van der Waals surface area contributed by atoms with E-state index in [1.54, 1.807) is 36.4 Å². The van der Waals surface area contributed by atoms with Crippen LogP contribution in [0.2, 0.25) is 0 Å². The molecule has 1 unspecified atom stereocenters. The average molecular weight is 394 g/mol. The fraction of sp³-hybridized carbons (Fsp3) is 0.217. The van der Waals surface area contributed by atoms with Crippen LogP contribution in [-0.2, 0) is 27.6 Å². The Morgan fingerprint density at radius 2 is 1.43 bits per heavy atom. The number of hydrogen-bond acceptors (Lipinski definition) is 4. The van der Waals surface area contributed by atoms with Crippen molar-refractivity contribution in [3.8, 4) is 5.75 Å². The van der Waals surface area contributed by atoms with Gasteiger partial charge in [0.2, 0.25) is 9.84 Å². The van der Waals surface area contributed by atoms with Crippen LogP contribution in [-0.4, -0.2) is 20.6 Å². The first-order valence-electron chi connectivity index (χ1n) is 9.19. The molecule has 1 atom stereocenters. The summed E-state index contributed by atoms with van der Waals surface area (Å²) in [6.45, 7) is 3.25. The van der Waals surface area contributed by atoms with E-state index < -0.39 is 9.84 Å². The zero-order chi connectivity index (χ0) is 19.6. The Hall–Kier alpha value is -2.63. The van der Waals surface area contributed by atoms with E-state index in [-0.39, 0.29) is 15.4 Å². The lowest BCUT2D eigenvalue weighted by atomic mass is 10.0. The number of rotatable bonds is 7. The molecular formula is C23H22O4S. The van der Waals surface area contributed by atoms with Gasteiger partial charge in [-0.15, -0.1) is 0 Å². The molecule has 3 aromatic carbocycles. The van der Waals surface area contributed by atoms with Gasteiger partial charge >= 0.3 is 0 Å². The van der Waals surface area contributed by atoms with Crippen LogP contribution in [0.3, 0.4) is 0 Å². The third kappa shape index (κ3) is 4.26. The molecule has 4 rings (SSSR count). The first-order valence-corrected chi connectivity index (χ1v) is 10.7. The summed E-state index contributed by atoms with van der Waals surface area (Å²) in [5, 5.41) is 0. The topological polar surface area (TPSA) is 55.9 Å². The normalized spacial score (nSPS) is 18.6. The minimum atomic E-state index is -3.55. The maximum Gasteiger partial charge on any atom is 0.206 e. The molecule has 0 aromatic heterocycles. The molecule has 0 radical (unpaired) electrons. The van der Waals surface area contributed by atoms with Crippen LogP contribution in [0.4, 0.5) is 0 Å². The largest absolute Gasteiger partial charge is 0.489 e. The molecule has 0 N–H and O–H groups in total. The maximum atomic E-state index is 12.9. The van der Waals surface area contributed by atoms with Crippen molar-refractivity contribution in [2.45, 2.75) is 35.3 Å². The Balaban J connectivity index is 1.45. The highest BCUT2D eigenvalue weighted by molar-refractivity contribution is 7.91. The smallest absolute Gasteiger partial charge is 0.206 e. The SMILES string of the molecule is CC1(Cc2ccc(S(=O)(=O)c3ccc(OCc4ccccc4)cc3)cc2)CO1. The van der Waals surface area contributed by atoms with Crippen molar-refractivity contribution >= 4 is 9.84 Å². The van der Waals surface area contributed by atoms with Crippen molar-refractivity contribution in [3.05, 3.63) is 90.0 Å². The Labute approximate surface area is 165 Å². The lowest BCUT2D eigenvalue weighted by Crippen LogP contribution is -2.09. The van der Waals surface area contributed by atoms with Crippen molar-refractivity contribution < 1.29 is 17.9 Å². The van der Waals surface area contributed by atoms with Crippen LogP contribution in [0.25, 0.3) is 0 Å². The summed E-state index contributed by atoms with van der Waals surface area (Å²) in [5.74, 6) is 0.635. The summed E-state index contributed by atoms with van der Waals surface area (Å²) in [4.78, 5) is 0.542. The second kappa shape index (κ2) is 7.41. The number of benzene rings is 3. The van der Waals surface area contributed by atoms with Gasteiger partial charge < -0.3 is 9.47 Å². The van der Waals surface area contributed by atoms with Gasteiger partial charge in [0.1, 0.15) is 12.4 Å². The van der Waals surface area contributed by atoms with Gasteiger partial charge in [0.25, 0.3) is 0 Å². The predicted octanol–water partition coefficient (Wildman–Crippen LogP) is 4.43. The number of ether oxygens (including phenoxy) is 2. The van der Waals surface area contributed by atoms with Gasteiger partial charge in [0.05, 0.1) is 22.0 Å². The molecule has 5 heteroatoms. The van der Waals surface area contributed by atoms with E-state index in [0.29, 0.717) is 12.4 Å².